The molecule has 0 radical (unpaired) electrons. The smallest absolute Gasteiger partial charge is 0.293 e. The quantitative estimate of drug-likeness (QED) is 0.472. The van der Waals surface area contributed by atoms with E-state index < -0.39 is 0 Å². The number of nitro groups is 1. The number of H-pyrrole nitrogens is 1. The lowest BCUT2D eigenvalue weighted by Crippen LogP contribution is -1.88. The third-order valence-corrected chi connectivity index (χ3v) is 2.34. The van der Waals surface area contributed by atoms with Gasteiger partial charge in [-0.25, -0.2) is 0 Å². The lowest BCUT2D eigenvalue weighted by atomic mass is 10.1. The minimum absolute atomic E-state index is 0.114. The zero-order valence-corrected chi connectivity index (χ0v) is 8.06. The molecule has 2 aromatic rings. The normalized spacial score (nSPS) is 10.4. The predicted molar refractivity (Wildman–Crippen MR) is 58.9 cm³/mol. The summed E-state index contributed by atoms with van der Waals surface area (Å²) in [5, 5.41) is 11.6. The molecule has 0 bridgehead atoms. The Morgan fingerprint density at radius 1 is 1.53 bits per heavy atom. The summed E-state index contributed by atoms with van der Waals surface area (Å²) in [7, 11) is 0. The topological polar surface area (TPSA) is 58.9 Å². The molecule has 4 heteroatoms. The SMILES string of the molecule is C=CCc1c[nH]c2c([N+](=O)[O-])cccc12. The van der Waals surface area contributed by atoms with Gasteiger partial charge in [0, 0.05) is 17.6 Å². The van der Waals surface area contributed by atoms with E-state index in [1.54, 1.807) is 18.3 Å². The summed E-state index contributed by atoms with van der Waals surface area (Å²) in [4.78, 5) is 13.3. The van der Waals surface area contributed by atoms with E-state index in [1.165, 1.54) is 6.07 Å². The van der Waals surface area contributed by atoms with Gasteiger partial charge < -0.3 is 4.98 Å². The molecule has 1 aromatic carbocycles. The molecule has 1 heterocycles. The summed E-state index contributed by atoms with van der Waals surface area (Å²) in [5.41, 5.74) is 1.73. The number of hydrogen-bond acceptors (Lipinski definition) is 2. The second-order valence-corrected chi connectivity index (χ2v) is 3.26. The van der Waals surface area contributed by atoms with Gasteiger partial charge in [0.1, 0.15) is 5.52 Å². The number of nitrogens with one attached hydrogen (secondary N) is 1. The van der Waals surface area contributed by atoms with Gasteiger partial charge in [-0.1, -0.05) is 18.2 Å². The molecule has 1 N–H and O–H groups in total. The lowest BCUT2D eigenvalue weighted by Gasteiger charge is -1.95. The van der Waals surface area contributed by atoms with Gasteiger partial charge in [0.2, 0.25) is 0 Å². The second-order valence-electron chi connectivity index (χ2n) is 3.26. The lowest BCUT2D eigenvalue weighted by molar-refractivity contribution is -0.383. The standard InChI is InChI=1S/C11H10N2O2/c1-2-4-8-7-12-11-9(8)5-3-6-10(11)13(14)15/h2-3,5-7,12H,1,4H2. The van der Waals surface area contributed by atoms with E-state index in [0.29, 0.717) is 11.9 Å². The average Bonchev–Trinajstić information content (AvgIpc) is 2.62. The number of aromatic nitrogens is 1. The van der Waals surface area contributed by atoms with E-state index in [9.17, 15) is 10.1 Å². The van der Waals surface area contributed by atoms with Gasteiger partial charge in [0.25, 0.3) is 5.69 Å². The van der Waals surface area contributed by atoms with Crippen molar-refractivity contribution < 1.29 is 4.92 Å². The Balaban J connectivity index is 2.68. The number of aromatic amines is 1. The fourth-order valence-electron chi connectivity index (χ4n) is 1.67. The van der Waals surface area contributed by atoms with Crippen LogP contribution < -0.4 is 0 Å². The largest absolute Gasteiger partial charge is 0.355 e. The first-order chi connectivity index (χ1) is 7.24. The average molecular weight is 202 g/mol. The van der Waals surface area contributed by atoms with Gasteiger partial charge in [0.05, 0.1) is 4.92 Å². The van der Waals surface area contributed by atoms with Crippen molar-refractivity contribution in [3.05, 3.63) is 52.7 Å². The third kappa shape index (κ3) is 1.50. The van der Waals surface area contributed by atoms with Gasteiger partial charge in [0.15, 0.2) is 0 Å². The highest BCUT2D eigenvalue weighted by molar-refractivity contribution is 5.90. The van der Waals surface area contributed by atoms with Crippen molar-refractivity contribution in [1.82, 2.24) is 4.98 Å². The van der Waals surface area contributed by atoms with Crippen molar-refractivity contribution in [3.8, 4) is 0 Å². The molecule has 1 aromatic heterocycles. The Morgan fingerprint density at radius 2 is 2.33 bits per heavy atom. The maximum absolute atomic E-state index is 10.7. The highest BCUT2D eigenvalue weighted by Gasteiger charge is 2.13. The number of allylic oxidation sites excluding steroid dienone is 1. The summed E-state index contributed by atoms with van der Waals surface area (Å²) in [6.45, 7) is 3.65. The molecule has 0 fully saturated rings. The first-order valence-electron chi connectivity index (χ1n) is 4.58. The molecule has 4 nitrogen and oxygen atoms in total. The fourth-order valence-corrected chi connectivity index (χ4v) is 1.67. The van der Waals surface area contributed by atoms with E-state index in [0.717, 1.165) is 10.9 Å². The van der Waals surface area contributed by atoms with Gasteiger partial charge in [-0.2, -0.15) is 0 Å². The number of rotatable bonds is 3. The summed E-state index contributed by atoms with van der Waals surface area (Å²) < 4.78 is 0. The summed E-state index contributed by atoms with van der Waals surface area (Å²) in [6.07, 6.45) is 4.28. The van der Waals surface area contributed by atoms with Crippen LogP contribution in [-0.4, -0.2) is 9.91 Å². The van der Waals surface area contributed by atoms with Crippen LogP contribution in [0.25, 0.3) is 10.9 Å². The summed E-state index contributed by atoms with van der Waals surface area (Å²) in [6, 6.07) is 5.06. The highest BCUT2D eigenvalue weighted by atomic mass is 16.6. The van der Waals surface area contributed by atoms with Crippen LogP contribution in [0.3, 0.4) is 0 Å². The maximum atomic E-state index is 10.7. The van der Waals surface area contributed by atoms with E-state index in [4.69, 9.17) is 0 Å². The minimum Gasteiger partial charge on any atom is -0.355 e. The fraction of sp³-hybridized carbons (Fsp3) is 0.0909. The van der Waals surface area contributed by atoms with Crippen LogP contribution in [0.4, 0.5) is 5.69 Å². The molecule has 0 saturated heterocycles. The summed E-state index contributed by atoms with van der Waals surface area (Å²) in [5.74, 6) is 0. The molecule has 0 amide bonds. The Labute approximate surface area is 86.4 Å². The molecule has 76 valence electrons. The maximum Gasteiger partial charge on any atom is 0.293 e. The summed E-state index contributed by atoms with van der Waals surface area (Å²) >= 11 is 0. The third-order valence-electron chi connectivity index (χ3n) is 2.34. The second kappa shape index (κ2) is 3.57. The van der Waals surface area contributed by atoms with Crippen LogP contribution in [0.5, 0.6) is 0 Å². The van der Waals surface area contributed by atoms with Crippen LogP contribution in [0.2, 0.25) is 0 Å². The molecule has 15 heavy (non-hydrogen) atoms. The van der Waals surface area contributed by atoms with Crippen LogP contribution >= 0.6 is 0 Å². The molecule has 0 aliphatic rings. The Kier molecular flexibility index (Phi) is 2.25. The van der Waals surface area contributed by atoms with Crippen molar-refractivity contribution in [2.24, 2.45) is 0 Å². The molecular weight excluding hydrogens is 192 g/mol. The number of para-hydroxylation sites is 1. The minimum atomic E-state index is -0.378. The zero-order valence-electron chi connectivity index (χ0n) is 8.06. The molecule has 0 unspecified atom stereocenters. The van der Waals surface area contributed by atoms with Gasteiger partial charge >= 0.3 is 0 Å². The molecule has 0 atom stereocenters. The van der Waals surface area contributed by atoms with Gasteiger partial charge in [-0.15, -0.1) is 6.58 Å². The molecule has 0 aliphatic heterocycles. The molecule has 2 rings (SSSR count). The number of fused-ring (bicyclic) bond motifs is 1. The van der Waals surface area contributed by atoms with Crippen molar-refractivity contribution in [2.75, 3.05) is 0 Å². The number of nitrogens with zero attached hydrogens (tertiary/aromatic N) is 1. The number of benzene rings is 1. The van der Waals surface area contributed by atoms with Crippen molar-refractivity contribution in [1.29, 1.82) is 0 Å². The number of non-ortho nitro benzene ring substituents is 1. The van der Waals surface area contributed by atoms with E-state index in [-0.39, 0.29) is 10.6 Å². The van der Waals surface area contributed by atoms with Crippen LogP contribution in [0.1, 0.15) is 5.56 Å². The predicted octanol–water partition coefficient (Wildman–Crippen LogP) is 2.80. The molecule has 0 saturated carbocycles. The Hall–Kier alpha value is -2.10. The first-order valence-corrected chi connectivity index (χ1v) is 4.58. The number of hydrogen-bond donors (Lipinski definition) is 1. The Morgan fingerprint density at radius 3 is 3.00 bits per heavy atom. The van der Waals surface area contributed by atoms with Crippen molar-refractivity contribution >= 4 is 16.6 Å². The van der Waals surface area contributed by atoms with E-state index in [2.05, 4.69) is 11.6 Å². The first kappa shape index (κ1) is 9.45. The van der Waals surface area contributed by atoms with E-state index >= 15 is 0 Å². The molecule has 0 aliphatic carbocycles. The Bertz CT molecular complexity index is 528. The van der Waals surface area contributed by atoms with Crippen molar-refractivity contribution in [2.45, 2.75) is 6.42 Å². The van der Waals surface area contributed by atoms with Crippen LogP contribution in [0, 0.1) is 10.1 Å². The van der Waals surface area contributed by atoms with Crippen LogP contribution in [0.15, 0.2) is 37.1 Å². The van der Waals surface area contributed by atoms with Gasteiger partial charge in [-0.05, 0) is 12.0 Å². The van der Waals surface area contributed by atoms with Crippen LogP contribution in [-0.2, 0) is 6.42 Å². The number of nitro benzene ring substituents is 1. The monoisotopic (exact) mass is 202 g/mol. The van der Waals surface area contributed by atoms with Gasteiger partial charge in [-0.3, -0.25) is 10.1 Å². The van der Waals surface area contributed by atoms with E-state index in [1.807, 2.05) is 6.07 Å². The molecular formula is C11H10N2O2. The molecule has 0 spiro atoms. The van der Waals surface area contributed by atoms with Crippen molar-refractivity contribution in [3.63, 3.8) is 0 Å². The highest BCUT2D eigenvalue weighted by Crippen LogP contribution is 2.27. The zero-order chi connectivity index (χ0) is 10.8.